The first-order valence-corrected chi connectivity index (χ1v) is 8.29. The van der Waals surface area contributed by atoms with Crippen molar-refractivity contribution in [2.24, 2.45) is 0 Å². The van der Waals surface area contributed by atoms with Crippen LogP contribution in [0.5, 0.6) is 0 Å². The van der Waals surface area contributed by atoms with E-state index in [4.69, 9.17) is 23.2 Å². The van der Waals surface area contributed by atoms with E-state index in [-0.39, 0.29) is 6.04 Å². The van der Waals surface area contributed by atoms with Crippen molar-refractivity contribution in [2.75, 3.05) is 0 Å². The number of rotatable bonds is 5. The number of aryl methyl sites for hydroxylation is 1. The van der Waals surface area contributed by atoms with E-state index in [0.717, 1.165) is 12.0 Å². The number of thiophene rings is 1. The summed E-state index contributed by atoms with van der Waals surface area (Å²) in [6, 6.07) is 10.9. The summed E-state index contributed by atoms with van der Waals surface area (Å²) in [6.07, 6.45) is 1.05. The van der Waals surface area contributed by atoms with E-state index in [1.165, 1.54) is 9.75 Å². The van der Waals surface area contributed by atoms with Crippen LogP contribution in [0.4, 0.5) is 0 Å². The second-order valence-electron chi connectivity index (χ2n) is 5.18. The Hall–Kier alpha value is -0.540. The molecule has 2 aromatic rings. The smallest absolute Gasteiger partial charge is 0.0595 e. The van der Waals surface area contributed by atoms with E-state index in [9.17, 15) is 0 Å². The van der Waals surface area contributed by atoms with Crippen molar-refractivity contribution in [2.45, 2.75) is 39.3 Å². The lowest BCUT2D eigenvalue weighted by atomic mass is 10.1. The summed E-state index contributed by atoms with van der Waals surface area (Å²) in [5.74, 6) is 0. The molecule has 4 heteroatoms. The van der Waals surface area contributed by atoms with Crippen LogP contribution in [0.2, 0.25) is 10.0 Å². The average Bonchev–Trinajstić information content (AvgIpc) is 2.77. The minimum atomic E-state index is 0.251. The van der Waals surface area contributed by atoms with Crippen molar-refractivity contribution in [1.29, 1.82) is 0 Å². The van der Waals surface area contributed by atoms with Gasteiger partial charge in [-0.3, -0.25) is 0 Å². The zero-order valence-electron chi connectivity index (χ0n) is 11.9. The van der Waals surface area contributed by atoms with E-state index >= 15 is 0 Å². The second-order valence-corrected chi connectivity index (χ2v) is 7.37. The van der Waals surface area contributed by atoms with Crippen LogP contribution in [0, 0.1) is 6.92 Å². The summed E-state index contributed by atoms with van der Waals surface area (Å²) in [5.41, 5.74) is 1.16. The summed E-state index contributed by atoms with van der Waals surface area (Å²) in [6.45, 7) is 6.50. The first-order valence-electron chi connectivity index (χ1n) is 6.72. The topological polar surface area (TPSA) is 12.0 Å². The van der Waals surface area contributed by atoms with Gasteiger partial charge >= 0.3 is 0 Å². The van der Waals surface area contributed by atoms with E-state index in [0.29, 0.717) is 16.1 Å². The molecular formula is C16H19Cl2NS. The Labute approximate surface area is 134 Å². The molecule has 0 aliphatic heterocycles. The van der Waals surface area contributed by atoms with Crippen LogP contribution in [0.15, 0.2) is 30.3 Å². The van der Waals surface area contributed by atoms with Crippen LogP contribution in [-0.4, -0.2) is 6.04 Å². The lowest BCUT2D eigenvalue weighted by molar-refractivity contribution is 0.479. The number of hydrogen-bond donors (Lipinski definition) is 1. The van der Waals surface area contributed by atoms with E-state index < -0.39 is 0 Å². The first-order chi connectivity index (χ1) is 9.45. The molecule has 2 atom stereocenters. The molecule has 0 spiro atoms. The fraction of sp³-hybridized carbons (Fsp3) is 0.375. The predicted octanol–water partition coefficient (Wildman–Crippen LogP) is 5.65. The van der Waals surface area contributed by atoms with Crippen molar-refractivity contribution >= 4 is 34.5 Å². The molecule has 0 amide bonds. The molecule has 1 aromatic carbocycles. The highest BCUT2D eigenvalue weighted by Gasteiger charge is 2.12. The molecule has 0 bridgehead atoms. The van der Waals surface area contributed by atoms with Gasteiger partial charge in [-0.05, 0) is 57.0 Å². The summed E-state index contributed by atoms with van der Waals surface area (Å²) in [4.78, 5) is 2.79. The predicted molar refractivity (Wildman–Crippen MR) is 90.2 cm³/mol. The van der Waals surface area contributed by atoms with Gasteiger partial charge in [0.1, 0.15) is 0 Å². The first kappa shape index (κ1) is 15.8. The Bertz CT molecular complexity index is 580. The van der Waals surface area contributed by atoms with Gasteiger partial charge < -0.3 is 5.32 Å². The molecule has 0 aliphatic rings. The fourth-order valence-corrected chi connectivity index (χ4v) is 3.59. The third-order valence-electron chi connectivity index (χ3n) is 3.28. The molecule has 0 fully saturated rings. The van der Waals surface area contributed by atoms with E-state index in [1.807, 2.05) is 29.5 Å². The molecule has 0 saturated heterocycles. The summed E-state index contributed by atoms with van der Waals surface area (Å²) in [5, 5.41) is 4.82. The van der Waals surface area contributed by atoms with Crippen molar-refractivity contribution in [3.05, 3.63) is 55.7 Å². The Balaban J connectivity index is 1.96. The standard InChI is InChI=1S/C16H19Cl2NS/c1-10(8-14-6-4-11(2)20-14)19-12(3)13-5-7-15(17)16(18)9-13/h4-7,9-10,12,19H,8H2,1-3H3. The summed E-state index contributed by atoms with van der Waals surface area (Å²) >= 11 is 13.9. The lowest BCUT2D eigenvalue weighted by Crippen LogP contribution is -2.30. The van der Waals surface area contributed by atoms with Crippen LogP contribution >= 0.6 is 34.5 Å². The van der Waals surface area contributed by atoms with Gasteiger partial charge in [-0.15, -0.1) is 11.3 Å². The van der Waals surface area contributed by atoms with Gasteiger partial charge in [0.25, 0.3) is 0 Å². The van der Waals surface area contributed by atoms with E-state index in [2.05, 4.69) is 38.2 Å². The van der Waals surface area contributed by atoms with Crippen LogP contribution in [0.3, 0.4) is 0 Å². The van der Waals surface area contributed by atoms with Gasteiger partial charge in [0.2, 0.25) is 0 Å². The SMILES string of the molecule is Cc1ccc(CC(C)NC(C)c2ccc(Cl)c(Cl)c2)s1. The molecule has 1 heterocycles. The van der Waals surface area contributed by atoms with Crippen LogP contribution < -0.4 is 5.32 Å². The molecule has 1 nitrogen and oxygen atoms in total. The summed E-state index contributed by atoms with van der Waals surface area (Å²) < 4.78 is 0. The van der Waals surface area contributed by atoms with Gasteiger partial charge in [-0.1, -0.05) is 29.3 Å². The van der Waals surface area contributed by atoms with Crippen molar-refractivity contribution in [3.63, 3.8) is 0 Å². The maximum Gasteiger partial charge on any atom is 0.0595 e. The van der Waals surface area contributed by atoms with Gasteiger partial charge in [0, 0.05) is 21.8 Å². The number of hydrogen-bond acceptors (Lipinski definition) is 2. The largest absolute Gasteiger partial charge is 0.307 e. The van der Waals surface area contributed by atoms with Crippen molar-refractivity contribution in [3.8, 4) is 0 Å². The minimum absolute atomic E-state index is 0.251. The fourth-order valence-electron chi connectivity index (χ4n) is 2.26. The molecule has 2 rings (SSSR count). The number of nitrogens with one attached hydrogen (secondary N) is 1. The Kier molecular flexibility index (Phi) is 5.50. The van der Waals surface area contributed by atoms with Gasteiger partial charge in [0.05, 0.1) is 10.0 Å². The molecule has 2 unspecified atom stereocenters. The highest BCUT2D eigenvalue weighted by molar-refractivity contribution is 7.11. The zero-order chi connectivity index (χ0) is 14.7. The third-order valence-corrected chi connectivity index (χ3v) is 5.04. The highest BCUT2D eigenvalue weighted by Crippen LogP contribution is 2.26. The number of halogens is 2. The molecular weight excluding hydrogens is 309 g/mol. The number of benzene rings is 1. The average molecular weight is 328 g/mol. The van der Waals surface area contributed by atoms with Gasteiger partial charge in [-0.25, -0.2) is 0 Å². The van der Waals surface area contributed by atoms with Gasteiger partial charge in [-0.2, -0.15) is 0 Å². The molecule has 1 N–H and O–H groups in total. The molecule has 20 heavy (non-hydrogen) atoms. The molecule has 0 aliphatic carbocycles. The zero-order valence-corrected chi connectivity index (χ0v) is 14.2. The van der Waals surface area contributed by atoms with Crippen LogP contribution in [0.1, 0.15) is 35.2 Å². The molecule has 0 radical (unpaired) electrons. The Morgan fingerprint density at radius 2 is 1.85 bits per heavy atom. The lowest BCUT2D eigenvalue weighted by Gasteiger charge is -2.20. The minimum Gasteiger partial charge on any atom is -0.307 e. The van der Waals surface area contributed by atoms with Crippen LogP contribution in [0.25, 0.3) is 0 Å². The van der Waals surface area contributed by atoms with Gasteiger partial charge in [0.15, 0.2) is 0 Å². The monoisotopic (exact) mass is 327 g/mol. The van der Waals surface area contributed by atoms with Crippen molar-refractivity contribution < 1.29 is 0 Å². The molecule has 1 aromatic heterocycles. The Morgan fingerprint density at radius 1 is 1.10 bits per heavy atom. The van der Waals surface area contributed by atoms with E-state index in [1.54, 1.807) is 0 Å². The van der Waals surface area contributed by atoms with Crippen LogP contribution in [-0.2, 0) is 6.42 Å². The molecule has 108 valence electrons. The van der Waals surface area contributed by atoms with Crippen molar-refractivity contribution in [1.82, 2.24) is 5.32 Å². The maximum atomic E-state index is 6.07. The Morgan fingerprint density at radius 3 is 2.45 bits per heavy atom. The highest BCUT2D eigenvalue weighted by atomic mass is 35.5. The maximum absolute atomic E-state index is 6.07. The molecule has 0 saturated carbocycles. The second kappa shape index (κ2) is 6.95. The normalized spacial score (nSPS) is 14.2. The quantitative estimate of drug-likeness (QED) is 0.748. The third kappa shape index (κ3) is 4.23. The summed E-state index contributed by atoms with van der Waals surface area (Å²) in [7, 11) is 0.